The summed E-state index contributed by atoms with van der Waals surface area (Å²) >= 11 is 1.33. The van der Waals surface area contributed by atoms with E-state index in [0.29, 0.717) is 37.1 Å². The average molecular weight is 347 g/mol. The van der Waals surface area contributed by atoms with E-state index in [1.54, 1.807) is 12.3 Å². The number of anilines is 1. The molecule has 0 unspecified atom stereocenters. The van der Waals surface area contributed by atoms with Crippen LogP contribution in [0.25, 0.3) is 0 Å². The smallest absolute Gasteiger partial charge is 0.256 e. The van der Waals surface area contributed by atoms with Crippen LogP contribution in [0, 0.1) is 6.92 Å². The van der Waals surface area contributed by atoms with E-state index in [1.165, 1.54) is 11.5 Å². The Bertz CT molecular complexity index is 705. The molecule has 3 heterocycles. The highest BCUT2D eigenvalue weighted by Gasteiger charge is 2.23. The molecule has 24 heavy (non-hydrogen) atoms. The second-order valence-electron chi connectivity index (χ2n) is 5.57. The number of ether oxygens (including phenoxy) is 1. The van der Waals surface area contributed by atoms with E-state index in [4.69, 9.17) is 4.74 Å². The van der Waals surface area contributed by atoms with Crippen molar-refractivity contribution in [1.82, 2.24) is 19.2 Å². The predicted octanol–water partition coefficient (Wildman–Crippen LogP) is 1.99. The van der Waals surface area contributed by atoms with Gasteiger partial charge in [-0.15, -0.1) is 0 Å². The maximum Gasteiger partial charge on any atom is 0.256 e. The summed E-state index contributed by atoms with van der Waals surface area (Å²) in [7, 11) is 0. The van der Waals surface area contributed by atoms with Gasteiger partial charge in [0.2, 0.25) is 11.8 Å². The minimum atomic E-state index is 0.0621. The van der Waals surface area contributed by atoms with Gasteiger partial charge >= 0.3 is 0 Å². The molecule has 3 rings (SSSR count). The highest BCUT2D eigenvalue weighted by atomic mass is 32.1. The Hall–Kier alpha value is -2.22. The zero-order valence-electron chi connectivity index (χ0n) is 13.9. The van der Waals surface area contributed by atoms with Gasteiger partial charge < -0.3 is 14.5 Å². The number of aryl methyl sites for hydroxylation is 1. The summed E-state index contributed by atoms with van der Waals surface area (Å²) in [4.78, 5) is 25.4. The number of hydrogen-bond donors (Lipinski definition) is 0. The molecule has 1 amide bonds. The van der Waals surface area contributed by atoms with E-state index in [0.717, 1.165) is 25.2 Å². The van der Waals surface area contributed by atoms with Crippen LogP contribution in [-0.2, 0) is 0 Å². The van der Waals surface area contributed by atoms with Crippen molar-refractivity contribution in [3.05, 3.63) is 28.9 Å². The van der Waals surface area contributed by atoms with Gasteiger partial charge in [0.1, 0.15) is 0 Å². The maximum absolute atomic E-state index is 12.6. The van der Waals surface area contributed by atoms with E-state index >= 15 is 0 Å². The van der Waals surface area contributed by atoms with Crippen LogP contribution in [-0.4, -0.2) is 57.9 Å². The largest absolute Gasteiger partial charge is 0.478 e. The number of aromatic nitrogens is 3. The van der Waals surface area contributed by atoms with Crippen molar-refractivity contribution in [3.63, 3.8) is 0 Å². The number of amides is 1. The monoisotopic (exact) mass is 347 g/mol. The molecular weight excluding hydrogens is 326 g/mol. The summed E-state index contributed by atoms with van der Waals surface area (Å²) in [6, 6.07) is 1.76. The average Bonchev–Trinajstić information content (AvgIpc) is 2.87. The molecule has 0 radical (unpaired) electrons. The number of nitrogens with zero attached hydrogens (tertiary/aromatic N) is 5. The number of hydrogen-bond acceptors (Lipinski definition) is 7. The molecule has 1 fully saturated rings. The summed E-state index contributed by atoms with van der Waals surface area (Å²) in [5.74, 6) is 1.30. The van der Waals surface area contributed by atoms with Crippen molar-refractivity contribution in [1.29, 1.82) is 0 Å². The maximum atomic E-state index is 12.6. The molecule has 1 aliphatic heterocycles. The highest BCUT2D eigenvalue weighted by molar-refractivity contribution is 7.03. The zero-order chi connectivity index (χ0) is 16.9. The lowest BCUT2D eigenvalue weighted by molar-refractivity contribution is 0.0766. The fraction of sp³-hybridized carbons (Fsp3) is 0.500. The molecule has 0 bridgehead atoms. The van der Waals surface area contributed by atoms with E-state index < -0.39 is 0 Å². The molecule has 128 valence electrons. The van der Waals surface area contributed by atoms with E-state index in [-0.39, 0.29) is 5.91 Å². The molecule has 0 aliphatic carbocycles. The summed E-state index contributed by atoms with van der Waals surface area (Å²) in [5, 5.41) is 1.83. The molecule has 8 heteroatoms. The van der Waals surface area contributed by atoms with Crippen molar-refractivity contribution in [3.8, 4) is 5.88 Å². The third kappa shape index (κ3) is 3.64. The minimum absolute atomic E-state index is 0.0621. The van der Waals surface area contributed by atoms with Crippen molar-refractivity contribution in [2.75, 3.05) is 37.7 Å². The lowest BCUT2D eigenvalue weighted by Gasteiger charge is -2.22. The lowest BCUT2D eigenvalue weighted by Crippen LogP contribution is -2.35. The molecule has 0 aromatic carbocycles. The number of carbonyl (C=O) groups excluding carboxylic acids is 1. The van der Waals surface area contributed by atoms with Gasteiger partial charge in [-0.3, -0.25) is 4.79 Å². The summed E-state index contributed by atoms with van der Waals surface area (Å²) in [6.45, 7) is 7.29. The molecule has 1 saturated heterocycles. The van der Waals surface area contributed by atoms with E-state index in [1.807, 2.05) is 24.1 Å². The standard InChI is InChI=1S/C16H21N5O2S/c1-3-23-14-5-6-17-16(18-14)21-8-4-7-20(9-10-21)15(22)13-11-24-19-12(13)2/h5-6,11H,3-4,7-10H2,1-2H3. The Labute approximate surface area is 145 Å². The SMILES string of the molecule is CCOc1ccnc(N2CCCN(C(=O)c3csnc3C)CC2)n1. The predicted molar refractivity (Wildman–Crippen MR) is 92.8 cm³/mol. The zero-order valence-corrected chi connectivity index (χ0v) is 14.8. The number of rotatable bonds is 4. The van der Waals surface area contributed by atoms with Crippen LogP contribution in [0.2, 0.25) is 0 Å². The number of carbonyl (C=O) groups is 1. The third-order valence-electron chi connectivity index (χ3n) is 3.96. The van der Waals surface area contributed by atoms with Crippen LogP contribution < -0.4 is 9.64 Å². The fourth-order valence-electron chi connectivity index (χ4n) is 2.70. The topological polar surface area (TPSA) is 71.5 Å². The molecule has 2 aromatic heterocycles. The molecule has 0 atom stereocenters. The molecule has 0 spiro atoms. The normalized spacial score (nSPS) is 15.2. The highest BCUT2D eigenvalue weighted by Crippen LogP contribution is 2.17. The Morgan fingerprint density at radius 2 is 2.21 bits per heavy atom. The molecule has 0 saturated carbocycles. The van der Waals surface area contributed by atoms with Crippen molar-refractivity contribution in [2.24, 2.45) is 0 Å². The van der Waals surface area contributed by atoms with Gasteiger partial charge in [-0.05, 0) is 31.8 Å². The Kier molecular flexibility index (Phi) is 5.24. The van der Waals surface area contributed by atoms with Crippen LogP contribution in [0.4, 0.5) is 5.95 Å². The molecular formula is C16H21N5O2S. The Morgan fingerprint density at radius 3 is 2.96 bits per heavy atom. The van der Waals surface area contributed by atoms with E-state index in [9.17, 15) is 4.79 Å². The van der Waals surface area contributed by atoms with Crippen LogP contribution in [0.5, 0.6) is 5.88 Å². The molecule has 0 N–H and O–H groups in total. The lowest BCUT2D eigenvalue weighted by atomic mass is 10.2. The van der Waals surface area contributed by atoms with Crippen LogP contribution >= 0.6 is 11.5 Å². The van der Waals surface area contributed by atoms with Crippen LogP contribution in [0.3, 0.4) is 0 Å². The third-order valence-corrected chi connectivity index (χ3v) is 4.68. The second-order valence-corrected chi connectivity index (χ2v) is 6.20. The first kappa shape index (κ1) is 16.6. The summed E-state index contributed by atoms with van der Waals surface area (Å²) in [6.07, 6.45) is 2.59. The first-order chi connectivity index (χ1) is 11.7. The van der Waals surface area contributed by atoms with Gasteiger partial charge in [0.05, 0.1) is 17.9 Å². The summed E-state index contributed by atoms with van der Waals surface area (Å²) < 4.78 is 9.64. The van der Waals surface area contributed by atoms with Gasteiger partial charge in [-0.2, -0.15) is 9.36 Å². The summed E-state index contributed by atoms with van der Waals surface area (Å²) in [5.41, 5.74) is 1.52. The van der Waals surface area contributed by atoms with E-state index in [2.05, 4.69) is 19.2 Å². The minimum Gasteiger partial charge on any atom is -0.478 e. The van der Waals surface area contributed by atoms with Gasteiger partial charge in [0.15, 0.2) is 0 Å². The second kappa shape index (κ2) is 7.57. The van der Waals surface area contributed by atoms with Crippen molar-refractivity contribution >= 4 is 23.4 Å². The van der Waals surface area contributed by atoms with Crippen molar-refractivity contribution in [2.45, 2.75) is 20.3 Å². The quantitative estimate of drug-likeness (QED) is 0.842. The molecule has 7 nitrogen and oxygen atoms in total. The van der Waals surface area contributed by atoms with Gasteiger partial charge in [0.25, 0.3) is 5.91 Å². The van der Waals surface area contributed by atoms with Crippen molar-refractivity contribution < 1.29 is 9.53 Å². The van der Waals surface area contributed by atoms with Crippen LogP contribution in [0.15, 0.2) is 17.6 Å². The Morgan fingerprint density at radius 1 is 1.33 bits per heavy atom. The molecule has 1 aliphatic rings. The first-order valence-electron chi connectivity index (χ1n) is 8.10. The fourth-order valence-corrected chi connectivity index (χ4v) is 3.39. The molecule has 2 aromatic rings. The van der Waals surface area contributed by atoms with Gasteiger partial charge in [0, 0.05) is 43.8 Å². The van der Waals surface area contributed by atoms with Gasteiger partial charge in [-0.25, -0.2) is 4.98 Å². The van der Waals surface area contributed by atoms with Crippen LogP contribution in [0.1, 0.15) is 29.4 Å². The Balaban J connectivity index is 1.68. The van der Waals surface area contributed by atoms with Gasteiger partial charge in [-0.1, -0.05) is 0 Å². The first-order valence-corrected chi connectivity index (χ1v) is 8.93.